The molecule has 3 heteroatoms. The van der Waals surface area contributed by atoms with Crippen molar-refractivity contribution in [3.05, 3.63) is 41.5 Å². The van der Waals surface area contributed by atoms with E-state index in [1.807, 2.05) is 25.1 Å². The molecular weight excluding hydrogens is 336 g/mol. The molecule has 2 rings (SSSR count). The SMILES string of the molecule is COc1ccc(C[C@H](C)/C=C(\C)C(=O)O[C@@H]2C[C@H](C)CC[C@H]2C(C)C)cc1. The van der Waals surface area contributed by atoms with Crippen molar-refractivity contribution in [3.63, 3.8) is 0 Å². The first-order valence-corrected chi connectivity index (χ1v) is 10.3. The molecule has 0 spiro atoms. The fraction of sp³-hybridized carbons (Fsp3) is 0.625. The Morgan fingerprint density at radius 3 is 2.44 bits per heavy atom. The summed E-state index contributed by atoms with van der Waals surface area (Å²) in [5, 5.41) is 0. The molecule has 0 bridgehead atoms. The summed E-state index contributed by atoms with van der Waals surface area (Å²) in [6, 6.07) is 8.10. The summed E-state index contributed by atoms with van der Waals surface area (Å²) in [5.74, 6) is 2.65. The molecule has 0 heterocycles. The Balaban J connectivity index is 1.95. The van der Waals surface area contributed by atoms with Crippen LogP contribution >= 0.6 is 0 Å². The highest BCUT2D eigenvalue weighted by molar-refractivity contribution is 5.87. The van der Waals surface area contributed by atoms with Crippen molar-refractivity contribution in [1.29, 1.82) is 0 Å². The molecule has 0 amide bonds. The molecule has 0 N–H and O–H groups in total. The number of hydrogen-bond donors (Lipinski definition) is 0. The summed E-state index contributed by atoms with van der Waals surface area (Å²) in [6.07, 6.45) is 6.38. The van der Waals surface area contributed by atoms with Crippen LogP contribution in [-0.2, 0) is 16.0 Å². The predicted octanol–water partition coefficient (Wildman–Crippen LogP) is 5.82. The Morgan fingerprint density at radius 1 is 1.19 bits per heavy atom. The Labute approximate surface area is 165 Å². The van der Waals surface area contributed by atoms with E-state index in [2.05, 4.69) is 39.8 Å². The summed E-state index contributed by atoms with van der Waals surface area (Å²) < 4.78 is 11.2. The van der Waals surface area contributed by atoms with Gasteiger partial charge in [-0.3, -0.25) is 0 Å². The van der Waals surface area contributed by atoms with E-state index in [-0.39, 0.29) is 18.0 Å². The zero-order valence-corrected chi connectivity index (χ0v) is 17.8. The molecule has 1 aliphatic rings. The Kier molecular flexibility index (Phi) is 7.94. The molecule has 0 saturated heterocycles. The van der Waals surface area contributed by atoms with E-state index < -0.39 is 0 Å². The normalized spacial score (nSPS) is 24.6. The Morgan fingerprint density at radius 2 is 1.85 bits per heavy atom. The van der Waals surface area contributed by atoms with E-state index in [0.717, 1.165) is 30.6 Å². The highest BCUT2D eigenvalue weighted by Gasteiger charge is 2.33. The van der Waals surface area contributed by atoms with Gasteiger partial charge in [0.25, 0.3) is 0 Å². The summed E-state index contributed by atoms with van der Waals surface area (Å²) in [6.45, 7) is 10.8. The van der Waals surface area contributed by atoms with Crippen LogP contribution in [0.5, 0.6) is 5.75 Å². The number of rotatable bonds is 7. The summed E-state index contributed by atoms with van der Waals surface area (Å²) in [5.41, 5.74) is 1.96. The molecule has 3 nitrogen and oxygen atoms in total. The zero-order valence-electron chi connectivity index (χ0n) is 17.8. The number of allylic oxidation sites excluding steroid dienone is 1. The Hall–Kier alpha value is -1.77. The van der Waals surface area contributed by atoms with Crippen LogP contribution in [0.15, 0.2) is 35.9 Å². The largest absolute Gasteiger partial charge is 0.497 e. The van der Waals surface area contributed by atoms with Gasteiger partial charge in [-0.1, -0.05) is 52.3 Å². The molecule has 1 aromatic rings. The van der Waals surface area contributed by atoms with E-state index in [4.69, 9.17) is 9.47 Å². The molecule has 0 radical (unpaired) electrons. The van der Waals surface area contributed by atoms with Gasteiger partial charge in [-0.25, -0.2) is 4.79 Å². The summed E-state index contributed by atoms with van der Waals surface area (Å²) in [7, 11) is 1.67. The van der Waals surface area contributed by atoms with E-state index in [1.54, 1.807) is 7.11 Å². The molecule has 0 aliphatic heterocycles. The lowest BCUT2D eigenvalue weighted by Crippen LogP contribution is -2.36. The van der Waals surface area contributed by atoms with E-state index >= 15 is 0 Å². The molecule has 0 aromatic heterocycles. The van der Waals surface area contributed by atoms with Crippen LogP contribution in [0.4, 0.5) is 0 Å². The van der Waals surface area contributed by atoms with Gasteiger partial charge in [-0.2, -0.15) is 0 Å². The zero-order chi connectivity index (χ0) is 20.0. The number of benzene rings is 1. The average molecular weight is 373 g/mol. The fourth-order valence-corrected chi connectivity index (χ4v) is 4.17. The van der Waals surface area contributed by atoms with Crippen LogP contribution < -0.4 is 4.74 Å². The highest BCUT2D eigenvalue weighted by atomic mass is 16.5. The highest BCUT2D eigenvalue weighted by Crippen LogP contribution is 2.35. The number of hydrogen-bond acceptors (Lipinski definition) is 3. The van der Waals surface area contributed by atoms with Gasteiger partial charge >= 0.3 is 5.97 Å². The third-order valence-corrected chi connectivity index (χ3v) is 5.79. The molecular formula is C24H36O3. The topological polar surface area (TPSA) is 35.5 Å². The van der Waals surface area contributed by atoms with Gasteiger partial charge < -0.3 is 9.47 Å². The maximum absolute atomic E-state index is 12.7. The van der Waals surface area contributed by atoms with E-state index in [0.29, 0.717) is 17.8 Å². The smallest absolute Gasteiger partial charge is 0.333 e. The monoisotopic (exact) mass is 372 g/mol. The van der Waals surface area contributed by atoms with Gasteiger partial charge in [0.1, 0.15) is 11.9 Å². The van der Waals surface area contributed by atoms with E-state index in [9.17, 15) is 4.79 Å². The maximum Gasteiger partial charge on any atom is 0.333 e. The minimum Gasteiger partial charge on any atom is -0.497 e. The average Bonchev–Trinajstić information content (AvgIpc) is 2.62. The lowest BCUT2D eigenvalue weighted by Gasteiger charge is -2.36. The number of esters is 1. The number of carbonyl (C=O) groups is 1. The summed E-state index contributed by atoms with van der Waals surface area (Å²) >= 11 is 0. The molecule has 1 saturated carbocycles. The Bertz CT molecular complexity index is 630. The molecule has 1 fully saturated rings. The lowest BCUT2D eigenvalue weighted by molar-refractivity contribution is -0.151. The first-order chi connectivity index (χ1) is 12.8. The number of carbonyl (C=O) groups excluding carboxylic acids is 1. The van der Waals surface area contributed by atoms with Crippen LogP contribution in [0.2, 0.25) is 0 Å². The van der Waals surface area contributed by atoms with E-state index in [1.165, 1.54) is 12.0 Å². The van der Waals surface area contributed by atoms with Crippen molar-refractivity contribution in [1.82, 2.24) is 0 Å². The van der Waals surface area contributed by atoms with Gasteiger partial charge in [0, 0.05) is 5.57 Å². The number of methoxy groups -OCH3 is 1. The molecule has 0 unspecified atom stereocenters. The minimum absolute atomic E-state index is 0.0569. The van der Waals surface area contributed by atoms with Crippen LogP contribution in [0.3, 0.4) is 0 Å². The van der Waals surface area contributed by atoms with Crippen molar-refractivity contribution >= 4 is 5.97 Å². The number of ether oxygens (including phenoxy) is 2. The first-order valence-electron chi connectivity index (χ1n) is 10.3. The third-order valence-electron chi connectivity index (χ3n) is 5.79. The molecule has 1 aliphatic carbocycles. The molecule has 150 valence electrons. The van der Waals surface area contributed by atoms with Crippen LogP contribution in [0.1, 0.15) is 59.4 Å². The van der Waals surface area contributed by atoms with Gasteiger partial charge in [0.05, 0.1) is 7.11 Å². The van der Waals surface area contributed by atoms with Crippen molar-refractivity contribution in [2.45, 2.75) is 66.4 Å². The van der Waals surface area contributed by atoms with Crippen LogP contribution in [0.25, 0.3) is 0 Å². The molecule has 27 heavy (non-hydrogen) atoms. The van der Waals surface area contributed by atoms with Crippen molar-refractivity contribution in [2.75, 3.05) is 7.11 Å². The maximum atomic E-state index is 12.7. The lowest BCUT2D eigenvalue weighted by atomic mass is 9.75. The van der Waals surface area contributed by atoms with Crippen molar-refractivity contribution < 1.29 is 14.3 Å². The van der Waals surface area contributed by atoms with Crippen molar-refractivity contribution in [3.8, 4) is 5.75 Å². The van der Waals surface area contributed by atoms with Gasteiger partial charge in [-0.15, -0.1) is 0 Å². The fourth-order valence-electron chi connectivity index (χ4n) is 4.17. The van der Waals surface area contributed by atoms with Gasteiger partial charge in [0.2, 0.25) is 0 Å². The minimum atomic E-state index is -0.152. The van der Waals surface area contributed by atoms with Gasteiger partial charge in [-0.05, 0) is 67.6 Å². The first kappa shape index (κ1) is 21.5. The quantitative estimate of drug-likeness (QED) is 0.446. The molecule has 1 aromatic carbocycles. The predicted molar refractivity (Wildman–Crippen MR) is 111 cm³/mol. The second kappa shape index (κ2) is 9.96. The van der Waals surface area contributed by atoms with Crippen LogP contribution in [-0.4, -0.2) is 19.2 Å². The third kappa shape index (κ3) is 6.41. The van der Waals surface area contributed by atoms with Crippen LogP contribution in [0, 0.1) is 23.7 Å². The van der Waals surface area contributed by atoms with Crippen molar-refractivity contribution in [2.24, 2.45) is 23.7 Å². The second-order valence-corrected chi connectivity index (χ2v) is 8.65. The summed E-state index contributed by atoms with van der Waals surface area (Å²) in [4.78, 5) is 12.7. The van der Waals surface area contributed by atoms with Gasteiger partial charge in [0.15, 0.2) is 0 Å². The standard InChI is InChI=1S/C24H36O3/c1-16(2)22-12-7-17(3)15-23(22)27-24(25)19(5)13-18(4)14-20-8-10-21(26-6)11-9-20/h8-11,13,16-18,22-23H,7,12,14-15H2,1-6H3/b19-13+/t17-,18-,22+,23-/m1/s1. The molecule has 4 atom stereocenters. The second-order valence-electron chi connectivity index (χ2n) is 8.65.